The van der Waals surface area contributed by atoms with Gasteiger partial charge in [0, 0.05) is 12.5 Å². The molecule has 1 aromatic rings. The van der Waals surface area contributed by atoms with Crippen LogP contribution in [0.2, 0.25) is 0 Å². The zero-order valence-corrected chi connectivity index (χ0v) is 10.4. The summed E-state index contributed by atoms with van der Waals surface area (Å²) in [5.74, 6) is -0.273. The summed E-state index contributed by atoms with van der Waals surface area (Å²) in [6.07, 6.45) is 1.47. The van der Waals surface area contributed by atoms with Crippen LogP contribution in [0.5, 0.6) is 0 Å². The van der Waals surface area contributed by atoms with E-state index in [1.165, 1.54) is 12.5 Å². The molecule has 1 rings (SSSR count). The molecule has 0 aliphatic carbocycles. The van der Waals surface area contributed by atoms with E-state index in [0.717, 1.165) is 18.4 Å². The standard InChI is InChI=1S/C15H18O2/c1-4-15(12(2)17-13(3)16)11-10-14-8-6-5-7-9-14/h5-9,12H,1,10-11H2,2-3H3/t12-/m1/s1. The third-order valence-electron chi connectivity index (χ3n) is 2.59. The maximum absolute atomic E-state index is 10.9. The molecule has 2 heteroatoms. The zero-order chi connectivity index (χ0) is 12.7. The van der Waals surface area contributed by atoms with Crippen LogP contribution >= 0.6 is 0 Å². The van der Waals surface area contributed by atoms with E-state index in [0.29, 0.717) is 0 Å². The number of carbonyl (C=O) groups excluding carboxylic acids is 1. The van der Waals surface area contributed by atoms with Crippen molar-refractivity contribution >= 4 is 5.97 Å². The second-order valence-electron chi connectivity index (χ2n) is 3.94. The lowest BCUT2D eigenvalue weighted by atomic mass is 10.0. The van der Waals surface area contributed by atoms with Crippen LogP contribution in [-0.2, 0) is 16.0 Å². The maximum Gasteiger partial charge on any atom is 0.303 e. The van der Waals surface area contributed by atoms with Gasteiger partial charge in [0.05, 0.1) is 0 Å². The molecule has 90 valence electrons. The first-order valence-corrected chi connectivity index (χ1v) is 5.73. The van der Waals surface area contributed by atoms with E-state index in [-0.39, 0.29) is 12.1 Å². The molecule has 1 atom stereocenters. The van der Waals surface area contributed by atoms with Crippen LogP contribution in [0.4, 0.5) is 0 Å². The molecule has 0 unspecified atom stereocenters. The monoisotopic (exact) mass is 230 g/mol. The molecular formula is C15H18O2. The molecular weight excluding hydrogens is 212 g/mol. The van der Waals surface area contributed by atoms with Crippen molar-refractivity contribution in [1.82, 2.24) is 0 Å². The zero-order valence-electron chi connectivity index (χ0n) is 10.4. The Balaban J connectivity index is 2.54. The second kappa shape index (κ2) is 6.72. The number of ether oxygens (including phenoxy) is 1. The number of rotatable bonds is 5. The van der Waals surface area contributed by atoms with Crippen molar-refractivity contribution in [3.05, 3.63) is 53.8 Å². The first-order chi connectivity index (χ1) is 8.13. The van der Waals surface area contributed by atoms with E-state index < -0.39 is 0 Å². The fourth-order valence-corrected chi connectivity index (χ4v) is 1.68. The van der Waals surface area contributed by atoms with E-state index in [2.05, 4.69) is 24.4 Å². The first kappa shape index (κ1) is 13.3. The molecule has 0 saturated carbocycles. The van der Waals surface area contributed by atoms with Crippen molar-refractivity contribution in [3.63, 3.8) is 0 Å². The van der Waals surface area contributed by atoms with Gasteiger partial charge in [-0.05, 0) is 25.3 Å². The van der Waals surface area contributed by atoms with Gasteiger partial charge in [0.25, 0.3) is 0 Å². The van der Waals surface area contributed by atoms with Gasteiger partial charge in [0.1, 0.15) is 6.10 Å². The number of aryl methyl sites for hydroxylation is 1. The summed E-state index contributed by atoms with van der Waals surface area (Å²) < 4.78 is 5.11. The summed E-state index contributed by atoms with van der Waals surface area (Å²) in [5.41, 5.74) is 5.06. The number of benzene rings is 1. The van der Waals surface area contributed by atoms with Gasteiger partial charge in [-0.3, -0.25) is 4.79 Å². The minimum absolute atomic E-state index is 0.242. The SMILES string of the molecule is C=C=C(CCc1ccccc1)[C@@H](C)OC(C)=O. The van der Waals surface area contributed by atoms with Gasteiger partial charge >= 0.3 is 5.97 Å². The second-order valence-corrected chi connectivity index (χ2v) is 3.94. The Labute approximate surface area is 103 Å². The Hall–Kier alpha value is -1.79. The summed E-state index contributed by atoms with van der Waals surface area (Å²) in [7, 11) is 0. The third-order valence-corrected chi connectivity index (χ3v) is 2.59. The van der Waals surface area contributed by atoms with Crippen LogP contribution in [0.1, 0.15) is 25.8 Å². The van der Waals surface area contributed by atoms with Crippen LogP contribution in [0.15, 0.2) is 48.2 Å². The molecule has 17 heavy (non-hydrogen) atoms. The topological polar surface area (TPSA) is 26.3 Å². The Morgan fingerprint density at radius 1 is 1.41 bits per heavy atom. The van der Waals surface area contributed by atoms with Gasteiger partial charge in [-0.2, -0.15) is 0 Å². The van der Waals surface area contributed by atoms with Crippen LogP contribution in [0, 0.1) is 0 Å². The predicted octanol–water partition coefficient (Wildman–Crippen LogP) is 3.28. The molecule has 0 aromatic heterocycles. The lowest BCUT2D eigenvalue weighted by Gasteiger charge is -2.14. The Morgan fingerprint density at radius 2 is 2.06 bits per heavy atom. The van der Waals surface area contributed by atoms with Crippen LogP contribution < -0.4 is 0 Å². The fourth-order valence-electron chi connectivity index (χ4n) is 1.68. The maximum atomic E-state index is 10.9. The van der Waals surface area contributed by atoms with Crippen LogP contribution in [0.3, 0.4) is 0 Å². The van der Waals surface area contributed by atoms with Gasteiger partial charge in [0.2, 0.25) is 0 Å². The average Bonchev–Trinajstić information content (AvgIpc) is 2.30. The molecule has 0 aliphatic heterocycles. The van der Waals surface area contributed by atoms with Gasteiger partial charge in [-0.15, -0.1) is 5.73 Å². The molecule has 0 amide bonds. The number of esters is 1. The van der Waals surface area contributed by atoms with Gasteiger partial charge < -0.3 is 4.74 Å². The van der Waals surface area contributed by atoms with Crippen molar-refractivity contribution in [2.24, 2.45) is 0 Å². The van der Waals surface area contributed by atoms with Gasteiger partial charge in [-0.25, -0.2) is 0 Å². The summed E-state index contributed by atoms with van der Waals surface area (Å²) in [6, 6.07) is 10.2. The average molecular weight is 230 g/mol. The van der Waals surface area contributed by atoms with Crippen molar-refractivity contribution in [2.75, 3.05) is 0 Å². The van der Waals surface area contributed by atoms with Crippen LogP contribution in [-0.4, -0.2) is 12.1 Å². The highest BCUT2D eigenvalue weighted by molar-refractivity contribution is 5.66. The Morgan fingerprint density at radius 3 is 2.59 bits per heavy atom. The minimum atomic E-state index is -0.273. The highest BCUT2D eigenvalue weighted by Crippen LogP contribution is 2.14. The van der Waals surface area contributed by atoms with Crippen molar-refractivity contribution in [2.45, 2.75) is 32.8 Å². The normalized spacial score (nSPS) is 11.4. The van der Waals surface area contributed by atoms with Crippen LogP contribution in [0.25, 0.3) is 0 Å². The molecule has 2 nitrogen and oxygen atoms in total. The molecule has 0 spiro atoms. The Bertz CT molecular complexity index is 414. The lowest BCUT2D eigenvalue weighted by molar-refractivity contribution is -0.143. The fraction of sp³-hybridized carbons (Fsp3) is 0.333. The predicted molar refractivity (Wildman–Crippen MR) is 68.6 cm³/mol. The smallest absolute Gasteiger partial charge is 0.303 e. The largest absolute Gasteiger partial charge is 0.458 e. The molecule has 0 aliphatic rings. The summed E-state index contributed by atoms with van der Waals surface area (Å²) in [6.45, 7) is 6.91. The first-order valence-electron chi connectivity index (χ1n) is 5.73. The number of carbonyl (C=O) groups is 1. The molecule has 0 saturated heterocycles. The van der Waals surface area contributed by atoms with Gasteiger partial charge in [0.15, 0.2) is 0 Å². The third kappa shape index (κ3) is 4.71. The number of hydrogen-bond acceptors (Lipinski definition) is 2. The number of hydrogen-bond donors (Lipinski definition) is 0. The molecule has 0 fully saturated rings. The summed E-state index contributed by atoms with van der Waals surface area (Å²) >= 11 is 0. The van der Waals surface area contributed by atoms with E-state index in [1.54, 1.807) is 0 Å². The summed E-state index contributed by atoms with van der Waals surface area (Å²) in [5, 5.41) is 0. The quantitative estimate of drug-likeness (QED) is 0.573. The van der Waals surface area contributed by atoms with E-state index in [9.17, 15) is 4.79 Å². The highest BCUT2D eigenvalue weighted by Gasteiger charge is 2.11. The lowest BCUT2D eigenvalue weighted by Crippen LogP contribution is -2.15. The van der Waals surface area contributed by atoms with E-state index in [4.69, 9.17) is 4.74 Å². The van der Waals surface area contributed by atoms with Crippen molar-refractivity contribution < 1.29 is 9.53 Å². The molecule has 1 aromatic carbocycles. The highest BCUT2D eigenvalue weighted by atomic mass is 16.5. The molecule has 0 heterocycles. The van der Waals surface area contributed by atoms with Crippen molar-refractivity contribution in [3.8, 4) is 0 Å². The van der Waals surface area contributed by atoms with E-state index in [1.807, 2.05) is 25.1 Å². The van der Waals surface area contributed by atoms with Gasteiger partial charge in [-0.1, -0.05) is 36.9 Å². The summed E-state index contributed by atoms with van der Waals surface area (Å²) in [4.78, 5) is 10.9. The molecule has 0 N–H and O–H groups in total. The minimum Gasteiger partial charge on any atom is -0.458 e. The Kier molecular flexibility index (Phi) is 5.25. The molecule has 0 radical (unpaired) electrons. The van der Waals surface area contributed by atoms with E-state index >= 15 is 0 Å². The van der Waals surface area contributed by atoms with Crippen molar-refractivity contribution in [1.29, 1.82) is 0 Å². The molecule has 0 bridgehead atoms.